The second-order valence-corrected chi connectivity index (χ2v) is 9.93. The lowest BCUT2D eigenvalue weighted by atomic mass is 9.68. The maximum atomic E-state index is 14.0. The molecule has 190 valence electrons. The van der Waals surface area contributed by atoms with Gasteiger partial charge in [-0.15, -0.1) is 11.3 Å². The molecule has 1 unspecified atom stereocenters. The van der Waals surface area contributed by atoms with E-state index in [0.29, 0.717) is 25.8 Å². The van der Waals surface area contributed by atoms with E-state index < -0.39 is 28.7 Å². The average molecular weight is 501 g/mol. The van der Waals surface area contributed by atoms with Gasteiger partial charge in [0.25, 0.3) is 0 Å². The van der Waals surface area contributed by atoms with Crippen LogP contribution in [0.1, 0.15) is 70.3 Å². The first-order chi connectivity index (χ1) is 16.9. The summed E-state index contributed by atoms with van der Waals surface area (Å²) in [6.07, 6.45) is 3.34. The molecule has 1 aromatic carbocycles. The third-order valence-corrected chi connectivity index (χ3v) is 7.99. The third-order valence-electron chi connectivity index (χ3n) is 7.41. The van der Waals surface area contributed by atoms with E-state index in [2.05, 4.69) is 21.2 Å². The van der Waals surface area contributed by atoms with E-state index >= 15 is 0 Å². The Kier molecular flexibility index (Phi) is 9.15. The van der Waals surface area contributed by atoms with Gasteiger partial charge in [-0.2, -0.15) is 0 Å². The van der Waals surface area contributed by atoms with Crippen molar-refractivity contribution in [3.05, 3.63) is 40.7 Å². The van der Waals surface area contributed by atoms with Gasteiger partial charge < -0.3 is 10.4 Å². The summed E-state index contributed by atoms with van der Waals surface area (Å²) in [6, 6.07) is 7.74. The van der Waals surface area contributed by atoms with Crippen LogP contribution >= 0.6 is 11.3 Å². The first kappa shape index (κ1) is 27.0. The van der Waals surface area contributed by atoms with E-state index in [4.69, 9.17) is 0 Å². The van der Waals surface area contributed by atoms with Crippen LogP contribution in [-0.4, -0.2) is 46.9 Å². The molecule has 35 heavy (non-hydrogen) atoms. The second kappa shape index (κ2) is 11.9. The quantitative estimate of drug-likeness (QED) is 0.326. The molecule has 1 aliphatic heterocycles. The lowest BCUT2D eigenvalue weighted by Crippen LogP contribution is -2.71. The fourth-order valence-corrected chi connectivity index (χ4v) is 5.75. The fraction of sp³-hybridized carbons (Fsp3) is 0.538. The van der Waals surface area contributed by atoms with Crippen molar-refractivity contribution in [1.82, 2.24) is 21.2 Å². The minimum Gasteiger partial charge on any atom is -0.481 e. The largest absolute Gasteiger partial charge is 0.481 e. The monoisotopic (exact) mass is 500 g/mol. The van der Waals surface area contributed by atoms with Crippen LogP contribution in [0, 0.1) is 5.41 Å². The molecule has 0 radical (unpaired) electrons. The number of hydrazine groups is 1. The Morgan fingerprint density at radius 2 is 2.03 bits per heavy atom. The number of hydrogen-bond acceptors (Lipinski definition) is 7. The predicted octanol–water partition coefficient (Wildman–Crippen LogP) is 3.90. The van der Waals surface area contributed by atoms with Gasteiger partial charge in [0.15, 0.2) is 11.3 Å². The summed E-state index contributed by atoms with van der Waals surface area (Å²) in [5, 5.41) is 14.7. The second-order valence-electron chi connectivity index (χ2n) is 9.21. The van der Waals surface area contributed by atoms with Gasteiger partial charge in [0.1, 0.15) is 0 Å². The van der Waals surface area contributed by atoms with Crippen molar-refractivity contribution in [3.63, 3.8) is 0 Å². The molecule has 2 aromatic rings. The molecule has 0 spiro atoms. The Morgan fingerprint density at radius 3 is 2.66 bits per heavy atom. The minimum atomic E-state index is -1.57. The van der Waals surface area contributed by atoms with Crippen molar-refractivity contribution in [2.45, 2.75) is 70.3 Å². The van der Waals surface area contributed by atoms with E-state index in [-0.39, 0.29) is 18.6 Å². The molecule has 0 aliphatic carbocycles. The number of ketones is 1. The normalized spacial score (nSPS) is 21.7. The summed E-state index contributed by atoms with van der Waals surface area (Å²) in [7, 11) is 1.52. The molecular weight excluding hydrogens is 464 g/mol. The van der Waals surface area contributed by atoms with E-state index in [1.807, 2.05) is 43.5 Å². The summed E-state index contributed by atoms with van der Waals surface area (Å²) in [6.45, 7) is 4.46. The molecule has 8 nitrogen and oxygen atoms in total. The fourth-order valence-electron chi connectivity index (χ4n) is 5.20. The molecule has 3 atom stereocenters. The average Bonchev–Trinajstić information content (AvgIpc) is 3.43. The minimum absolute atomic E-state index is 0.0126. The standard InChI is InChI=1S/C26H36N4O4S/c1-4-6-13-25(5-2,24(33)34)14-11-22(31)26(23(32)27-3)20(12-15-29-30-26)18-9-7-8-10-19(18)21-16-35-17-28-21/h7-10,16-17,20,29-30H,4-6,11-15H2,1-3H3,(H,27,32)(H,33,34)/t20-,25?,26-/m0/s1. The van der Waals surface area contributed by atoms with Crippen molar-refractivity contribution in [3.8, 4) is 11.3 Å². The highest BCUT2D eigenvalue weighted by Crippen LogP contribution is 2.42. The summed E-state index contributed by atoms with van der Waals surface area (Å²) in [5.74, 6) is -2.07. The Bertz CT molecular complexity index is 1030. The lowest BCUT2D eigenvalue weighted by Gasteiger charge is -2.43. The molecule has 3 rings (SSSR count). The zero-order valence-corrected chi connectivity index (χ0v) is 21.5. The number of carbonyl (C=O) groups is 3. The van der Waals surface area contributed by atoms with Crippen molar-refractivity contribution < 1.29 is 19.5 Å². The van der Waals surface area contributed by atoms with E-state index in [1.54, 1.807) is 5.51 Å². The molecule has 9 heteroatoms. The summed E-state index contributed by atoms with van der Waals surface area (Å²) < 4.78 is 0. The maximum Gasteiger partial charge on any atom is 0.309 e. The zero-order chi connectivity index (χ0) is 25.5. The highest BCUT2D eigenvalue weighted by molar-refractivity contribution is 7.07. The van der Waals surface area contributed by atoms with E-state index in [1.165, 1.54) is 18.4 Å². The topological polar surface area (TPSA) is 120 Å². The number of carboxylic acid groups (broad SMARTS) is 1. The summed E-state index contributed by atoms with van der Waals surface area (Å²) in [4.78, 5) is 44.2. The van der Waals surface area contributed by atoms with Crippen LogP contribution in [0.3, 0.4) is 0 Å². The molecule has 0 bridgehead atoms. The number of carbonyl (C=O) groups excluding carboxylic acids is 2. The number of rotatable bonds is 12. The third kappa shape index (κ3) is 5.32. The van der Waals surface area contributed by atoms with Gasteiger partial charge in [0.05, 0.1) is 16.6 Å². The molecule has 2 heterocycles. The molecule has 0 saturated carbocycles. The predicted molar refractivity (Wildman–Crippen MR) is 137 cm³/mol. The van der Waals surface area contributed by atoms with Crippen LogP contribution in [0.25, 0.3) is 11.3 Å². The zero-order valence-electron chi connectivity index (χ0n) is 20.7. The van der Waals surface area contributed by atoms with Gasteiger partial charge in [-0.05, 0) is 31.2 Å². The summed E-state index contributed by atoms with van der Waals surface area (Å²) in [5.41, 5.74) is 7.86. The molecule has 1 aliphatic rings. The van der Waals surface area contributed by atoms with Gasteiger partial charge in [0, 0.05) is 36.9 Å². The number of unbranched alkanes of at least 4 members (excludes halogenated alkanes) is 1. The number of nitrogens with one attached hydrogen (secondary N) is 3. The molecular formula is C26H36N4O4S. The Labute approximate surface area is 210 Å². The highest BCUT2D eigenvalue weighted by Gasteiger charge is 2.54. The number of nitrogens with zero attached hydrogens (tertiary/aromatic N) is 1. The van der Waals surface area contributed by atoms with Gasteiger partial charge >= 0.3 is 5.97 Å². The number of Topliss-reactive ketones (excluding diaryl/α,β-unsaturated/α-hetero) is 1. The Hall–Kier alpha value is -2.62. The number of aliphatic carboxylic acids is 1. The lowest BCUT2D eigenvalue weighted by molar-refractivity contribution is -0.150. The molecule has 1 amide bonds. The van der Waals surface area contributed by atoms with Crippen molar-refractivity contribution >= 4 is 29.0 Å². The smallest absolute Gasteiger partial charge is 0.309 e. The number of hydrogen-bond donors (Lipinski definition) is 4. The maximum absolute atomic E-state index is 14.0. The van der Waals surface area contributed by atoms with Gasteiger partial charge in [-0.3, -0.25) is 19.8 Å². The van der Waals surface area contributed by atoms with Crippen LogP contribution in [-0.2, 0) is 14.4 Å². The van der Waals surface area contributed by atoms with Crippen molar-refractivity contribution in [1.29, 1.82) is 0 Å². The van der Waals surface area contributed by atoms with Gasteiger partial charge in [0.2, 0.25) is 5.91 Å². The first-order valence-corrected chi connectivity index (χ1v) is 13.3. The molecule has 1 saturated heterocycles. The van der Waals surface area contributed by atoms with E-state index in [0.717, 1.165) is 29.7 Å². The van der Waals surface area contributed by atoms with Crippen LogP contribution in [0.15, 0.2) is 35.2 Å². The number of likely N-dealkylation sites (N-methyl/N-ethyl adjacent to an activating group) is 1. The van der Waals surface area contributed by atoms with Gasteiger partial charge in [-0.25, -0.2) is 10.4 Å². The summed E-state index contributed by atoms with van der Waals surface area (Å²) >= 11 is 1.49. The molecule has 1 fully saturated rings. The van der Waals surface area contributed by atoms with Crippen molar-refractivity contribution in [2.75, 3.05) is 13.6 Å². The number of benzene rings is 1. The SMILES string of the molecule is CCCCC(CC)(CCC(=O)[C@@]1(C(=O)NC)NNCC[C@H]1c1ccccc1-c1cscn1)C(=O)O. The highest BCUT2D eigenvalue weighted by atomic mass is 32.1. The van der Waals surface area contributed by atoms with Crippen molar-refractivity contribution in [2.24, 2.45) is 5.41 Å². The van der Waals surface area contributed by atoms with Crippen LogP contribution in [0.4, 0.5) is 0 Å². The Balaban J connectivity index is 2.02. The van der Waals surface area contributed by atoms with Crippen LogP contribution in [0.5, 0.6) is 0 Å². The number of amides is 1. The van der Waals surface area contributed by atoms with Gasteiger partial charge in [-0.1, -0.05) is 51.0 Å². The molecule has 1 aromatic heterocycles. The number of carboxylic acids is 1. The van der Waals surface area contributed by atoms with Crippen LogP contribution < -0.4 is 16.2 Å². The number of thiazole rings is 1. The Morgan fingerprint density at radius 1 is 1.26 bits per heavy atom. The van der Waals surface area contributed by atoms with E-state index in [9.17, 15) is 19.5 Å². The number of aromatic nitrogens is 1. The van der Waals surface area contributed by atoms with Crippen LogP contribution in [0.2, 0.25) is 0 Å². The molecule has 4 N–H and O–H groups in total. The first-order valence-electron chi connectivity index (χ1n) is 12.3.